The maximum atomic E-state index is 6.90. The van der Waals surface area contributed by atoms with Crippen LogP contribution < -0.4 is 0 Å². The molecular weight excluding hydrogens is 170 g/mol. The molecule has 0 aromatic rings. The maximum absolute atomic E-state index is 6.90. The van der Waals surface area contributed by atoms with Crippen LogP contribution in [-0.2, 0) is 0 Å². The normalized spacial score (nSPS) is 13.1. The lowest BCUT2D eigenvalue weighted by Crippen LogP contribution is -1.79. The zero-order valence-corrected chi connectivity index (χ0v) is 9.77. The van der Waals surface area contributed by atoms with Crippen LogP contribution in [0.4, 0.5) is 0 Å². The minimum Gasteiger partial charge on any atom is -0.313 e. The van der Waals surface area contributed by atoms with Crippen molar-refractivity contribution < 1.29 is 0 Å². The summed E-state index contributed by atoms with van der Waals surface area (Å²) in [5.74, 6) is 0. The lowest BCUT2D eigenvalue weighted by Gasteiger charge is -1.99. The number of unbranched alkanes of at least 4 members (excludes halogenated alkanes) is 1. The van der Waals surface area contributed by atoms with Crippen molar-refractivity contribution >= 4 is 6.21 Å². The van der Waals surface area contributed by atoms with Gasteiger partial charge >= 0.3 is 0 Å². The molecule has 0 unspecified atom stereocenters. The molecule has 0 saturated carbocycles. The van der Waals surface area contributed by atoms with Gasteiger partial charge in [0, 0.05) is 0 Å². The lowest BCUT2D eigenvalue weighted by atomic mass is 10.1. The van der Waals surface area contributed by atoms with Crippen LogP contribution in [0, 0.1) is 5.41 Å². The first-order valence-electron chi connectivity index (χ1n) is 5.50. The third kappa shape index (κ3) is 7.78. The summed E-state index contributed by atoms with van der Waals surface area (Å²) in [5.41, 5.74) is 2.93. The van der Waals surface area contributed by atoms with Crippen LogP contribution in [0.25, 0.3) is 0 Å². The zero-order valence-electron chi connectivity index (χ0n) is 9.77. The smallest absolute Gasteiger partial charge is 0.00447 e. The molecule has 0 fully saturated rings. The Morgan fingerprint density at radius 3 is 2.21 bits per heavy atom. The summed E-state index contributed by atoms with van der Waals surface area (Å²) in [4.78, 5) is 0. The Balaban J connectivity index is 3.67. The molecule has 1 nitrogen and oxygen atoms in total. The highest BCUT2D eigenvalue weighted by molar-refractivity contribution is 5.52. The van der Waals surface area contributed by atoms with Gasteiger partial charge in [-0.15, -0.1) is 0 Å². The molecule has 0 aromatic carbocycles. The molecule has 0 bridgehead atoms. The third-order valence-electron chi connectivity index (χ3n) is 2.39. The van der Waals surface area contributed by atoms with E-state index in [4.69, 9.17) is 5.41 Å². The molecule has 0 aliphatic carbocycles. The standard InChI is InChI=1S/C13H23N/c1-4-12(2)9-7-10-13(3)8-5-6-11-14/h8-9,11,14H,4-7,10H2,1-3H3/b12-9+,13-8+,14-11?. The molecule has 1 N–H and O–H groups in total. The Kier molecular flexibility index (Phi) is 8.20. The van der Waals surface area contributed by atoms with E-state index < -0.39 is 0 Å². The molecular formula is C13H23N. The lowest BCUT2D eigenvalue weighted by molar-refractivity contribution is 0.933. The fourth-order valence-corrected chi connectivity index (χ4v) is 1.21. The van der Waals surface area contributed by atoms with E-state index in [0.29, 0.717) is 0 Å². The van der Waals surface area contributed by atoms with Crippen LogP contribution >= 0.6 is 0 Å². The monoisotopic (exact) mass is 193 g/mol. The Morgan fingerprint density at radius 1 is 1.00 bits per heavy atom. The van der Waals surface area contributed by atoms with Gasteiger partial charge in [-0.25, -0.2) is 0 Å². The van der Waals surface area contributed by atoms with Crippen molar-refractivity contribution in [3.8, 4) is 0 Å². The van der Waals surface area contributed by atoms with Gasteiger partial charge in [0.25, 0.3) is 0 Å². The highest BCUT2D eigenvalue weighted by Gasteiger charge is 1.89. The second-order valence-corrected chi connectivity index (χ2v) is 3.77. The summed E-state index contributed by atoms with van der Waals surface area (Å²) in [5, 5.41) is 6.90. The molecule has 0 aliphatic rings. The Morgan fingerprint density at radius 2 is 1.64 bits per heavy atom. The van der Waals surface area contributed by atoms with Crippen LogP contribution in [-0.4, -0.2) is 6.21 Å². The SMILES string of the molecule is CC/C(C)=C/CC/C(C)=C/CCC=N. The van der Waals surface area contributed by atoms with Crippen molar-refractivity contribution in [3.63, 3.8) is 0 Å². The van der Waals surface area contributed by atoms with Gasteiger partial charge in [0.15, 0.2) is 0 Å². The molecule has 0 spiro atoms. The van der Waals surface area contributed by atoms with E-state index in [1.54, 1.807) is 0 Å². The van der Waals surface area contributed by atoms with Gasteiger partial charge < -0.3 is 5.41 Å². The maximum Gasteiger partial charge on any atom is -0.00447 e. The molecule has 80 valence electrons. The van der Waals surface area contributed by atoms with Crippen LogP contribution in [0.5, 0.6) is 0 Å². The van der Waals surface area contributed by atoms with E-state index >= 15 is 0 Å². The average molecular weight is 193 g/mol. The zero-order chi connectivity index (χ0) is 10.8. The molecule has 0 radical (unpaired) electrons. The van der Waals surface area contributed by atoms with Crippen LogP contribution in [0.2, 0.25) is 0 Å². The Hall–Kier alpha value is -0.850. The topological polar surface area (TPSA) is 23.9 Å². The van der Waals surface area contributed by atoms with Crippen LogP contribution in [0.15, 0.2) is 23.3 Å². The summed E-state index contributed by atoms with van der Waals surface area (Å²) in [7, 11) is 0. The first-order chi connectivity index (χ1) is 6.70. The largest absolute Gasteiger partial charge is 0.313 e. The quantitative estimate of drug-likeness (QED) is 0.350. The van der Waals surface area contributed by atoms with Gasteiger partial charge in [-0.2, -0.15) is 0 Å². The van der Waals surface area contributed by atoms with Crippen molar-refractivity contribution in [1.82, 2.24) is 0 Å². The molecule has 0 atom stereocenters. The van der Waals surface area contributed by atoms with Crippen molar-refractivity contribution in [3.05, 3.63) is 23.3 Å². The summed E-state index contributed by atoms with van der Waals surface area (Å²) < 4.78 is 0. The molecule has 0 saturated heterocycles. The number of hydrogen-bond acceptors (Lipinski definition) is 1. The predicted molar refractivity (Wildman–Crippen MR) is 65.1 cm³/mol. The average Bonchev–Trinajstić information content (AvgIpc) is 2.18. The molecule has 0 aliphatic heterocycles. The first-order valence-corrected chi connectivity index (χ1v) is 5.50. The van der Waals surface area contributed by atoms with E-state index in [1.165, 1.54) is 17.4 Å². The fraction of sp³-hybridized carbons (Fsp3) is 0.615. The summed E-state index contributed by atoms with van der Waals surface area (Å²) in [6, 6.07) is 0. The second kappa shape index (κ2) is 8.74. The minimum absolute atomic E-state index is 0.876. The summed E-state index contributed by atoms with van der Waals surface area (Å²) in [6.45, 7) is 6.56. The second-order valence-electron chi connectivity index (χ2n) is 3.77. The molecule has 0 aromatic heterocycles. The van der Waals surface area contributed by atoms with E-state index in [2.05, 4.69) is 32.9 Å². The molecule has 1 heteroatoms. The first kappa shape index (κ1) is 13.2. The number of rotatable bonds is 7. The van der Waals surface area contributed by atoms with Gasteiger partial charge in [-0.1, -0.05) is 30.2 Å². The molecule has 0 heterocycles. The van der Waals surface area contributed by atoms with E-state index in [-0.39, 0.29) is 0 Å². The van der Waals surface area contributed by atoms with E-state index in [9.17, 15) is 0 Å². The van der Waals surface area contributed by atoms with Gasteiger partial charge in [0.2, 0.25) is 0 Å². The minimum atomic E-state index is 0.876. The highest BCUT2D eigenvalue weighted by Crippen LogP contribution is 2.09. The van der Waals surface area contributed by atoms with Crippen LogP contribution in [0.3, 0.4) is 0 Å². The number of allylic oxidation sites excluding steroid dienone is 4. The third-order valence-corrected chi connectivity index (χ3v) is 2.39. The van der Waals surface area contributed by atoms with Crippen molar-refractivity contribution in [2.45, 2.75) is 52.9 Å². The molecule has 0 amide bonds. The Bertz CT molecular complexity index is 211. The number of hydrogen-bond donors (Lipinski definition) is 1. The van der Waals surface area contributed by atoms with Gasteiger partial charge in [-0.05, 0) is 52.2 Å². The highest BCUT2D eigenvalue weighted by atomic mass is 14.3. The van der Waals surface area contributed by atoms with Crippen molar-refractivity contribution in [1.29, 1.82) is 5.41 Å². The molecule has 14 heavy (non-hydrogen) atoms. The fourth-order valence-electron chi connectivity index (χ4n) is 1.21. The Labute approximate surface area is 88.4 Å². The molecule has 0 rings (SSSR count). The van der Waals surface area contributed by atoms with Gasteiger partial charge in [0.1, 0.15) is 0 Å². The number of nitrogens with one attached hydrogen (secondary N) is 1. The van der Waals surface area contributed by atoms with Gasteiger partial charge in [-0.3, -0.25) is 0 Å². The van der Waals surface area contributed by atoms with E-state index in [1.807, 2.05) is 0 Å². The van der Waals surface area contributed by atoms with Crippen molar-refractivity contribution in [2.24, 2.45) is 0 Å². The predicted octanol–water partition coefficient (Wildman–Crippen LogP) is 4.50. The summed E-state index contributed by atoms with van der Waals surface area (Å²) >= 11 is 0. The van der Waals surface area contributed by atoms with Crippen LogP contribution in [0.1, 0.15) is 52.9 Å². The van der Waals surface area contributed by atoms with E-state index in [0.717, 1.165) is 32.1 Å². The van der Waals surface area contributed by atoms with Crippen molar-refractivity contribution in [2.75, 3.05) is 0 Å². The van der Waals surface area contributed by atoms with Gasteiger partial charge in [0.05, 0.1) is 0 Å². The summed E-state index contributed by atoms with van der Waals surface area (Å²) in [6.07, 6.45) is 11.4.